The van der Waals surface area contributed by atoms with Gasteiger partial charge in [0, 0.05) is 44.1 Å². The van der Waals surface area contributed by atoms with Gasteiger partial charge in [-0.1, -0.05) is 118 Å². The molecule has 2 amide bonds. The highest BCUT2D eigenvalue weighted by Gasteiger charge is 2.50. The molecule has 0 radical (unpaired) electrons. The maximum atomic E-state index is 12.9. The standard InChI is InChI=1S/C46H55N3O6/c1-45(2)24-38-25-46(3,29-45)30-49(38)27-39-23-41(35-15-13-32(28-50)14-16-35)55-43(54-39)36-19-17-34(18-20-36)37-12-8-11-33(21-37)26-47-44(52)48-40(42(51)53-4)22-31-9-6-5-7-10-31/h5-21,38-41,43,50H,22-30H2,1-4H3,(H2,47,48,52)/t38?,39-,40-,41+,43+,46?/m0/s1. The largest absolute Gasteiger partial charge is 0.467 e. The van der Waals surface area contributed by atoms with Gasteiger partial charge < -0.3 is 30.0 Å². The molecule has 9 nitrogen and oxygen atoms in total. The summed E-state index contributed by atoms with van der Waals surface area (Å²) in [6.07, 6.45) is 4.20. The van der Waals surface area contributed by atoms with Crippen LogP contribution in [0.5, 0.6) is 0 Å². The van der Waals surface area contributed by atoms with E-state index in [9.17, 15) is 14.7 Å². The maximum absolute atomic E-state index is 12.9. The van der Waals surface area contributed by atoms with Gasteiger partial charge in [0.05, 0.1) is 25.9 Å². The van der Waals surface area contributed by atoms with Gasteiger partial charge in [0.15, 0.2) is 6.29 Å². The molecular weight excluding hydrogens is 691 g/mol. The van der Waals surface area contributed by atoms with Gasteiger partial charge in [-0.15, -0.1) is 0 Å². The number of nitrogens with one attached hydrogen (secondary N) is 2. The van der Waals surface area contributed by atoms with Crippen molar-refractivity contribution in [3.63, 3.8) is 0 Å². The van der Waals surface area contributed by atoms with Crippen LogP contribution in [0, 0.1) is 10.8 Å². The second kappa shape index (κ2) is 16.7. The Labute approximate surface area is 325 Å². The molecule has 3 N–H and O–H groups in total. The van der Waals surface area contributed by atoms with Crippen LogP contribution in [0.25, 0.3) is 11.1 Å². The third-order valence-corrected chi connectivity index (χ3v) is 11.5. The molecule has 290 valence electrons. The van der Waals surface area contributed by atoms with E-state index in [2.05, 4.69) is 84.8 Å². The molecule has 7 rings (SSSR count). The number of likely N-dealkylation sites (tertiary alicyclic amines) is 1. The van der Waals surface area contributed by atoms with Gasteiger partial charge in [0.2, 0.25) is 0 Å². The molecule has 2 heterocycles. The molecule has 1 saturated carbocycles. The molecule has 2 aliphatic heterocycles. The first-order chi connectivity index (χ1) is 26.5. The number of rotatable bonds is 12. The molecule has 6 atom stereocenters. The zero-order valence-electron chi connectivity index (χ0n) is 32.5. The highest BCUT2D eigenvalue weighted by Crippen LogP contribution is 2.53. The van der Waals surface area contributed by atoms with Crippen molar-refractivity contribution in [3.8, 4) is 11.1 Å². The summed E-state index contributed by atoms with van der Waals surface area (Å²) in [5, 5.41) is 15.3. The first kappa shape index (κ1) is 38.7. The van der Waals surface area contributed by atoms with Crippen molar-refractivity contribution in [1.82, 2.24) is 15.5 Å². The predicted octanol–water partition coefficient (Wildman–Crippen LogP) is 7.88. The first-order valence-electron chi connectivity index (χ1n) is 19.6. The summed E-state index contributed by atoms with van der Waals surface area (Å²) >= 11 is 0. The molecule has 3 aliphatic rings. The van der Waals surface area contributed by atoms with Crippen LogP contribution in [-0.2, 0) is 38.6 Å². The number of methoxy groups -OCH3 is 1. The lowest BCUT2D eigenvalue weighted by atomic mass is 9.65. The molecule has 3 fully saturated rings. The molecule has 0 aromatic heterocycles. The first-order valence-corrected chi connectivity index (χ1v) is 19.6. The van der Waals surface area contributed by atoms with Gasteiger partial charge in [-0.25, -0.2) is 9.59 Å². The minimum absolute atomic E-state index is 0.00891. The van der Waals surface area contributed by atoms with Crippen molar-refractivity contribution in [1.29, 1.82) is 0 Å². The fourth-order valence-electron chi connectivity index (χ4n) is 9.36. The molecule has 2 unspecified atom stereocenters. The van der Waals surface area contributed by atoms with Crippen LogP contribution in [-0.4, -0.2) is 60.4 Å². The van der Waals surface area contributed by atoms with Gasteiger partial charge in [-0.05, 0) is 69.5 Å². The SMILES string of the molecule is COC(=O)[C@H](Cc1ccccc1)NC(=O)NCc1cccc(-c2ccc([C@@H]3O[C@H](CN4CC5(C)CC4CC(C)(C)C5)C[C@H](c4ccc(CO)cc4)O3)cc2)c1. The smallest absolute Gasteiger partial charge is 0.328 e. The Kier molecular flexibility index (Phi) is 11.7. The van der Waals surface area contributed by atoms with Crippen LogP contribution in [0.4, 0.5) is 4.79 Å². The number of benzene rings is 4. The zero-order valence-corrected chi connectivity index (χ0v) is 32.5. The lowest BCUT2D eigenvalue weighted by molar-refractivity contribution is -0.253. The number of aliphatic hydroxyl groups is 1. The summed E-state index contributed by atoms with van der Waals surface area (Å²) in [6.45, 7) is 9.59. The van der Waals surface area contributed by atoms with Crippen molar-refractivity contribution in [2.24, 2.45) is 10.8 Å². The Hall–Kier alpha value is -4.54. The van der Waals surface area contributed by atoms with E-state index < -0.39 is 24.3 Å². The Morgan fingerprint density at radius 2 is 1.58 bits per heavy atom. The van der Waals surface area contributed by atoms with E-state index in [1.54, 1.807) is 0 Å². The quantitative estimate of drug-likeness (QED) is 0.127. The highest BCUT2D eigenvalue weighted by atomic mass is 16.7. The van der Waals surface area contributed by atoms with Crippen LogP contribution >= 0.6 is 0 Å². The molecule has 0 spiro atoms. The number of nitrogens with zero attached hydrogens (tertiary/aromatic N) is 1. The Morgan fingerprint density at radius 3 is 2.31 bits per heavy atom. The molecule has 2 bridgehead atoms. The van der Waals surface area contributed by atoms with Crippen LogP contribution in [0.1, 0.15) is 86.7 Å². The summed E-state index contributed by atoms with van der Waals surface area (Å²) in [4.78, 5) is 28.0. The van der Waals surface area contributed by atoms with Gasteiger partial charge in [0.1, 0.15) is 6.04 Å². The van der Waals surface area contributed by atoms with E-state index in [1.807, 2.05) is 54.6 Å². The fourth-order valence-corrected chi connectivity index (χ4v) is 9.36. The second-order valence-corrected chi connectivity index (χ2v) is 16.9. The van der Waals surface area contributed by atoms with Crippen LogP contribution in [0.15, 0.2) is 103 Å². The average Bonchev–Trinajstić information content (AvgIpc) is 3.43. The summed E-state index contributed by atoms with van der Waals surface area (Å²) < 4.78 is 18.4. The van der Waals surface area contributed by atoms with E-state index in [1.165, 1.54) is 26.4 Å². The van der Waals surface area contributed by atoms with E-state index in [0.29, 0.717) is 23.3 Å². The lowest BCUT2D eigenvalue weighted by Gasteiger charge is -2.41. The number of esters is 1. The molecule has 4 aromatic carbocycles. The van der Waals surface area contributed by atoms with Gasteiger partial charge in [-0.3, -0.25) is 4.90 Å². The fraction of sp³-hybridized carbons (Fsp3) is 0.435. The summed E-state index contributed by atoms with van der Waals surface area (Å²) in [5.41, 5.74) is 7.55. The monoisotopic (exact) mass is 745 g/mol. The molecule has 1 aliphatic carbocycles. The number of amides is 2. The van der Waals surface area contributed by atoms with Gasteiger partial charge in [0.25, 0.3) is 0 Å². The van der Waals surface area contributed by atoms with Crippen LogP contribution < -0.4 is 10.6 Å². The number of hydrogen-bond acceptors (Lipinski definition) is 7. The Balaban J connectivity index is 1.02. The zero-order chi connectivity index (χ0) is 38.6. The summed E-state index contributed by atoms with van der Waals surface area (Å²) in [7, 11) is 1.32. The number of carbonyl (C=O) groups excluding carboxylic acids is 2. The van der Waals surface area contributed by atoms with Crippen molar-refractivity contribution in [2.75, 3.05) is 20.2 Å². The van der Waals surface area contributed by atoms with Crippen LogP contribution in [0.3, 0.4) is 0 Å². The maximum Gasteiger partial charge on any atom is 0.328 e. The number of carbonyl (C=O) groups is 2. The molecule has 9 heteroatoms. The number of fused-ring (bicyclic) bond motifs is 2. The number of hydrogen-bond donors (Lipinski definition) is 3. The number of aliphatic hydroxyl groups excluding tert-OH is 1. The van der Waals surface area contributed by atoms with Gasteiger partial charge >= 0.3 is 12.0 Å². The van der Waals surface area contributed by atoms with E-state index in [-0.39, 0.29) is 25.4 Å². The van der Waals surface area contributed by atoms with Crippen molar-refractivity contribution in [3.05, 3.63) is 131 Å². The van der Waals surface area contributed by atoms with E-state index >= 15 is 0 Å². The Morgan fingerprint density at radius 1 is 0.855 bits per heavy atom. The van der Waals surface area contributed by atoms with Gasteiger partial charge in [-0.2, -0.15) is 0 Å². The summed E-state index contributed by atoms with van der Waals surface area (Å²) in [5.74, 6) is -0.497. The normalized spacial score (nSPS) is 25.2. The Bertz CT molecular complexity index is 1920. The van der Waals surface area contributed by atoms with Crippen LogP contribution in [0.2, 0.25) is 0 Å². The average molecular weight is 746 g/mol. The third kappa shape index (κ3) is 9.65. The second-order valence-electron chi connectivity index (χ2n) is 16.9. The predicted molar refractivity (Wildman–Crippen MR) is 213 cm³/mol. The minimum atomic E-state index is -0.803. The van der Waals surface area contributed by atoms with Crippen molar-refractivity contribution < 1.29 is 28.9 Å². The number of ether oxygens (including phenoxy) is 3. The minimum Gasteiger partial charge on any atom is -0.467 e. The van der Waals surface area contributed by atoms with Crippen molar-refractivity contribution >= 4 is 12.0 Å². The summed E-state index contributed by atoms with van der Waals surface area (Å²) in [6, 6.07) is 33.3. The highest BCUT2D eigenvalue weighted by molar-refractivity contribution is 5.83. The lowest BCUT2D eigenvalue weighted by Crippen LogP contribution is -2.47. The van der Waals surface area contributed by atoms with E-state index in [4.69, 9.17) is 14.2 Å². The molecule has 55 heavy (non-hydrogen) atoms. The molecule has 2 saturated heterocycles. The van der Waals surface area contributed by atoms with E-state index in [0.717, 1.165) is 58.5 Å². The third-order valence-electron chi connectivity index (χ3n) is 11.5. The topological polar surface area (TPSA) is 109 Å². The molecule has 4 aromatic rings. The number of urea groups is 1. The van der Waals surface area contributed by atoms with Crippen molar-refractivity contribution in [2.45, 2.75) is 96.6 Å². The molecular formula is C46H55N3O6.